The van der Waals surface area contributed by atoms with E-state index in [1.54, 1.807) is 25.1 Å². The smallest absolute Gasteiger partial charge is 0.243 e. The number of aryl methyl sites for hydroxylation is 2. The van der Waals surface area contributed by atoms with E-state index in [0.717, 1.165) is 10.4 Å². The highest BCUT2D eigenvalue weighted by atomic mass is 32.2. The first-order chi connectivity index (χ1) is 9.82. The molecule has 0 radical (unpaired) electrons. The van der Waals surface area contributed by atoms with Crippen LogP contribution in [0.2, 0.25) is 0 Å². The van der Waals surface area contributed by atoms with Gasteiger partial charge in [-0.3, -0.25) is 0 Å². The van der Waals surface area contributed by atoms with Crippen LogP contribution in [0.15, 0.2) is 40.6 Å². The van der Waals surface area contributed by atoms with Crippen LogP contribution in [0.25, 0.3) is 0 Å². The normalized spacial score (nSPS) is 13.6. The highest BCUT2D eigenvalue weighted by molar-refractivity contribution is 7.89. The van der Waals surface area contributed by atoms with Crippen LogP contribution in [0.1, 0.15) is 22.1 Å². The summed E-state index contributed by atoms with van der Waals surface area (Å²) in [6, 6.07) is 8.98. The van der Waals surface area contributed by atoms with E-state index in [2.05, 4.69) is 0 Å². The zero-order valence-electron chi connectivity index (χ0n) is 12.3. The lowest BCUT2D eigenvalue weighted by Gasteiger charge is -2.21. The Hall–Kier alpha value is -1.21. The third-order valence-electron chi connectivity index (χ3n) is 3.33. The molecule has 1 atom stereocenters. The number of aliphatic hydroxyl groups is 1. The molecule has 1 aromatic heterocycles. The van der Waals surface area contributed by atoms with E-state index in [4.69, 9.17) is 0 Å². The second kappa shape index (κ2) is 6.27. The van der Waals surface area contributed by atoms with Crippen LogP contribution in [0, 0.1) is 13.8 Å². The van der Waals surface area contributed by atoms with Gasteiger partial charge in [0.05, 0.1) is 4.90 Å². The van der Waals surface area contributed by atoms with Gasteiger partial charge in [0.2, 0.25) is 10.0 Å². The molecule has 0 bridgehead atoms. The Morgan fingerprint density at radius 3 is 2.62 bits per heavy atom. The predicted molar refractivity (Wildman–Crippen MR) is 85.0 cm³/mol. The molecule has 21 heavy (non-hydrogen) atoms. The first-order valence-electron chi connectivity index (χ1n) is 6.57. The van der Waals surface area contributed by atoms with E-state index in [1.807, 2.05) is 24.4 Å². The topological polar surface area (TPSA) is 57.6 Å². The fourth-order valence-corrected chi connectivity index (χ4v) is 4.25. The molecule has 0 aliphatic carbocycles. The molecule has 114 valence electrons. The number of hydrogen-bond donors (Lipinski definition) is 1. The lowest BCUT2D eigenvalue weighted by atomic mass is 10.2. The summed E-state index contributed by atoms with van der Waals surface area (Å²) in [4.78, 5) is 1.06. The first-order valence-corrected chi connectivity index (χ1v) is 8.89. The Labute approximate surface area is 129 Å². The summed E-state index contributed by atoms with van der Waals surface area (Å²) in [5.41, 5.74) is 1.60. The molecular formula is C15H19NO3S2. The fourth-order valence-electron chi connectivity index (χ4n) is 2.07. The van der Waals surface area contributed by atoms with Crippen molar-refractivity contribution in [1.29, 1.82) is 0 Å². The maximum Gasteiger partial charge on any atom is 0.243 e. The monoisotopic (exact) mass is 325 g/mol. The zero-order chi connectivity index (χ0) is 15.6. The van der Waals surface area contributed by atoms with E-state index in [-0.39, 0.29) is 6.54 Å². The van der Waals surface area contributed by atoms with Crippen molar-refractivity contribution in [2.45, 2.75) is 24.8 Å². The third-order valence-corrected chi connectivity index (χ3v) is 6.27. The molecule has 1 heterocycles. The van der Waals surface area contributed by atoms with Crippen LogP contribution in [-0.2, 0) is 10.0 Å². The van der Waals surface area contributed by atoms with Crippen LogP contribution in [0.4, 0.5) is 0 Å². The van der Waals surface area contributed by atoms with Gasteiger partial charge in [-0.05, 0) is 42.5 Å². The maximum absolute atomic E-state index is 12.6. The van der Waals surface area contributed by atoms with Gasteiger partial charge in [-0.15, -0.1) is 11.3 Å². The second-order valence-corrected chi connectivity index (χ2v) is 8.08. The number of hydrogen-bond acceptors (Lipinski definition) is 4. The largest absolute Gasteiger partial charge is 0.386 e. The molecule has 2 aromatic rings. The molecule has 0 aliphatic rings. The summed E-state index contributed by atoms with van der Waals surface area (Å²) in [6.45, 7) is 3.67. The minimum absolute atomic E-state index is 0.0379. The van der Waals surface area contributed by atoms with Crippen LogP contribution in [0.3, 0.4) is 0 Å². The van der Waals surface area contributed by atoms with Crippen LogP contribution >= 0.6 is 11.3 Å². The number of likely N-dealkylation sites (N-methyl/N-ethyl adjacent to an activating group) is 1. The molecule has 1 unspecified atom stereocenters. The maximum atomic E-state index is 12.6. The molecule has 1 N–H and O–H groups in total. The molecular weight excluding hydrogens is 306 g/mol. The van der Waals surface area contributed by atoms with E-state index < -0.39 is 16.1 Å². The van der Waals surface area contributed by atoms with E-state index in [0.29, 0.717) is 10.5 Å². The van der Waals surface area contributed by atoms with Crippen LogP contribution in [-0.4, -0.2) is 31.4 Å². The van der Waals surface area contributed by atoms with Crippen molar-refractivity contribution < 1.29 is 13.5 Å². The summed E-state index contributed by atoms with van der Waals surface area (Å²) in [7, 11) is -2.11. The minimum atomic E-state index is -3.60. The van der Waals surface area contributed by atoms with Gasteiger partial charge in [0.25, 0.3) is 0 Å². The Bertz CT molecular complexity index is 709. The molecule has 0 saturated heterocycles. The average Bonchev–Trinajstić information content (AvgIpc) is 2.95. The van der Waals surface area contributed by atoms with Crippen molar-refractivity contribution in [2.75, 3.05) is 13.6 Å². The summed E-state index contributed by atoms with van der Waals surface area (Å²) in [6.07, 6.45) is -0.810. The first kappa shape index (κ1) is 16.2. The second-order valence-electron chi connectivity index (χ2n) is 5.09. The Morgan fingerprint density at radius 1 is 1.29 bits per heavy atom. The van der Waals surface area contributed by atoms with Crippen molar-refractivity contribution in [1.82, 2.24) is 4.31 Å². The predicted octanol–water partition coefficient (Wildman–Crippen LogP) is 2.72. The molecule has 4 nitrogen and oxygen atoms in total. The van der Waals surface area contributed by atoms with Crippen molar-refractivity contribution in [3.63, 3.8) is 0 Å². The number of rotatable bonds is 5. The molecule has 0 aliphatic heterocycles. The van der Waals surface area contributed by atoms with E-state index in [1.165, 1.54) is 22.7 Å². The van der Waals surface area contributed by atoms with Gasteiger partial charge in [0.15, 0.2) is 0 Å². The summed E-state index contributed by atoms with van der Waals surface area (Å²) < 4.78 is 26.5. The molecule has 1 aromatic carbocycles. The van der Waals surface area contributed by atoms with Crippen molar-refractivity contribution in [3.05, 3.63) is 51.7 Å². The molecule has 6 heteroatoms. The number of sulfonamides is 1. The Kier molecular flexibility index (Phi) is 4.83. The highest BCUT2D eigenvalue weighted by Crippen LogP contribution is 2.24. The summed E-state index contributed by atoms with van der Waals surface area (Å²) >= 11 is 1.41. The van der Waals surface area contributed by atoms with Crippen molar-refractivity contribution in [2.24, 2.45) is 0 Å². The van der Waals surface area contributed by atoms with Crippen molar-refractivity contribution >= 4 is 21.4 Å². The number of thiophene rings is 1. The Balaban J connectivity index is 2.25. The van der Waals surface area contributed by atoms with Gasteiger partial charge in [-0.1, -0.05) is 18.2 Å². The van der Waals surface area contributed by atoms with Gasteiger partial charge >= 0.3 is 0 Å². The standard InChI is InChI=1S/C15H19NO3S2/c1-11-6-7-12(2)15(9-11)21(18,19)16(3)10-13(17)14-5-4-8-20-14/h4-9,13,17H,10H2,1-3H3. The van der Waals surface area contributed by atoms with Crippen molar-refractivity contribution in [3.8, 4) is 0 Å². The van der Waals surface area contributed by atoms with Gasteiger partial charge in [-0.2, -0.15) is 4.31 Å². The highest BCUT2D eigenvalue weighted by Gasteiger charge is 2.25. The van der Waals surface area contributed by atoms with Crippen LogP contribution < -0.4 is 0 Å². The van der Waals surface area contributed by atoms with Gasteiger partial charge in [0.1, 0.15) is 6.10 Å². The quantitative estimate of drug-likeness (QED) is 0.919. The van der Waals surface area contributed by atoms with E-state index in [9.17, 15) is 13.5 Å². The molecule has 0 fully saturated rings. The minimum Gasteiger partial charge on any atom is -0.386 e. The average molecular weight is 325 g/mol. The SMILES string of the molecule is Cc1ccc(C)c(S(=O)(=O)N(C)CC(O)c2cccs2)c1. The molecule has 2 rings (SSSR count). The summed E-state index contributed by atoms with van der Waals surface area (Å²) in [5.74, 6) is 0. The zero-order valence-corrected chi connectivity index (χ0v) is 13.9. The summed E-state index contributed by atoms with van der Waals surface area (Å²) in [5, 5.41) is 12.0. The number of aliphatic hydroxyl groups excluding tert-OH is 1. The molecule has 0 spiro atoms. The van der Waals surface area contributed by atoms with E-state index >= 15 is 0 Å². The third kappa shape index (κ3) is 3.52. The van der Waals surface area contributed by atoms with Gasteiger partial charge in [-0.25, -0.2) is 8.42 Å². The lowest BCUT2D eigenvalue weighted by Crippen LogP contribution is -2.31. The Morgan fingerprint density at radius 2 is 2.00 bits per heavy atom. The van der Waals surface area contributed by atoms with Gasteiger partial charge in [0, 0.05) is 18.5 Å². The molecule has 0 saturated carbocycles. The lowest BCUT2D eigenvalue weighted by molar-refractivity contribution is 0.158. The van der Waals surface area contributed by atoms with Gasteiger partial charge < -0.3 is 5.11 Å². The molecule has 0 amide bonds. The fraction of sp³-hybridized carbons (Fsp3) is 0.333. The number of benzene rings is 1. The number of nitrogens with zero attached hydrogens (tertiary/aromatic N) is 1. The van der Waals surface area contributed by atoms with Crippen LogP contribution in [0.5, 0.6) is 0 Å².